The molecule has 156 valence electrons. The quantitative estimate of drug-likeness (QED) is 0.464. The van der Waals surface area contributed by atoms with E-state index < -0.39 is 0 Å². The summed E-state index contributed by atoms with van der Waals surface area (Å²) in [5.41, 5.74) is 5.22. The third-order valence-electron chi connectivity index (χ3n) is 5.57. The first-order valence-corrected chi connectivity index (χ1v) is 10.4. The fraction of sp³-hybridized carbons (Fsp3) is 0.0833. The van der Waals surface area contributed by atoms with Crippen molar-refractivity contribution in [2.45, 2.75) is 13.1 Å². The number of nitrogens with zero attached hydrogens (tertiary/aromatic N) is 7. The van der Waals surface area contributed by atoms with Gasteiger partial charge in [-0.3, -0.25) is 9.69 Å². The molecule has 0 saturated carbocycles. The molecule has 5 aromatic rings. The molecule has 2 aromatic carbocycles. The van der Waals surface area contributed by atoms with Gasteiger partial charge < -0.3 is 5.32 Å². The first kappa shape index (κ1) is 18.3. The lowest BCUT2D eigenvalue weighted by molar-refractivity contribution is 0.672. The van der Waals surface area contributed by atoms with E-state index in [2.05, 4.69) is 72.8 Å². The molecule has 6 rings (SSSR count). The molecule has 1 aliphatic rings. The number of benzene rings is 2. The molecule has 8 nitrogen and oxygen atoms in total. The summed E-state index contributed by atoms with van der Waals surface area (Å²) >= 11 is 0. The van der Waals surface area contributed by atoms with E-state index in [1.54, 1.807) is 18.9 Å². The fourth-order valence-electron chi connectivity index (χ4n) is 3.95. The van der Waals surface area contributed by atoms with Crippen LogP contribution in [0.4, 0.5) is 11.5 Å². The molecule has 1 aliphatic heterocycles. The highest BCUT2D eigenvalue weighted by Crippen LogP contribution is 2.27. The molecular weight excluding hydrogens is 400 g/mol. The second kappa shape index (κ2) is 7.66. The molecule has 0 fully saturated rings. The van der Waals surface area contributed by atoms with Crippen molar-refractivity contribution in [3.05, 3.63) is 103 Å². The third kappa shape index (κ3) is 3.37. The van der Waals surface area contributed by atoms with E-state index in [0.717, 1.165) is 40.2 Å². The van der Waals surface area contributed by atoms with Crippen molar-refractivity contribution in [2.75, 3.05) is 10.3 Å². The maximum atomic E-state index is 4.59. The van der Waals surface area contributed by atoms with Gasteiger partial charge in [0.15, 0.2) is 0 Å². The maximum Gasteiger partial charge on any atom is 0.139 e. The highest BCUT2D eigenvalue weighted by Gasteiger charge is 2.18. The van der Waals surface area contributed by atoms with Gasteiger partial charge in [-0.1, -0.05) is 30.3 Å². The number of nitrogens with one attached hydrogen (secondary N) is 1. The van der Waals surface area contributed by atoms with Crippen LogP contribution in [0, 0.1) is 0 Å². The van der Waals surface area contributed by atoms with Crippen LogP contribution in [0.2, 0.25) is 0 Å². The summed E-state index contributed by atoms with van der Waals surface area (Å²) in [6, 6.07) is 16.6. The van der Waals surface area contributed by atoms with Gasteiger partial charge in [-0.05, 0) is 29.8 Å². The van der Waals surface area contributed by atoms with Gasteiger partial charge >= 0.3 is 0 Å². The number of hydrogen-bond acceptors (Lipinski definition) is 6. The van der Waals surface area contributed by atoms with E-state index in [1.165, 1.54) is 5.56 Å². The van der Waals surface area contributed by atoms with Crippen molar-refractivity contribution in [3.8, 4) is 0 Å². The van der Waals surface area contributed by atoms with E-state index >= 15 is 0 Å². The first-order valence-electron chi connectivity index (χ1n) is 10.4. The Morgan fingerprint density at radius 3 is 2.84 bits per heavy atom. The minimum atomic E-state index is 0.641. The normalized spacial score (nSPS) is 12.8. The number of fused-ring (bicyclic) bond motifs is 2. The van der Waals surface area contributed by atoms with Crippen LogP contribution < -0.4 is 10.3 Å². The minimum absolute atomic E-state index is 0.641. The standard InChI is InChI=1S/C24H20N8/c1-2-4-18(5-3-1)14-32-23-7-6-20(12-19(23)13-28-32)29-24-21-15-30(31-11-9-25-17-31)10-8-22(21)26-16-27-24/h1-13,16-17H,14-15H2,(H,26,27,29). The van der Waals surface area contributed by atoms with Crippen LogP contribution in [0.3, 0.4) is 0 Å². The molecule has 0 aliphatic carbocycles. The van der Waals surface area contributed by atoms with Gasteiger partial charge in [0.2, 0.25) is 0 Å². The second-order valence-electron chi connectivity index (χ2n) is 7.63. The van der Waals surface area contributed by atoms with Crippen molar-refractivity contribution in [3.63, 3.8) is 0 Å². The number of aromatic nitrogens is 6. The van der Waals surface area contributed by atoms with E-state index in [-0.39, 0.29) is 0 Å². The zero-order valence-corrected chi connectivity index (χ0v) is 17.2. The number of imidazole rings is 1. The Bertz CT molecular complexity index is 1400. The molecule has 0 saturated heterocycles. The smallest absolute Gasteiger partial charge is 0.139 e. The number of anilines is 2. The van der Waals surface area contributed by atoms with Gasteiger partial charge in [0.05, 0.1) is 30.5 Å². The molecule has 0 amide bonds. The molecule has 0 atom stereocenters. The van der Waals surface area contributed by atoms with Gasteiger partial charge in [-0.15, -0.1) is 0 Å². The van der Waals surface area contributed by atoms with Crippen LogP contribution in [0.5, 0.6) is 0 Å². The Morgan fingerprint density at radius 1 is 1.03 bits per heavy atom. The van der Waals surface area contributed by atoms with Crippen LogP contribution in [-0.4, -0.2) is 29.4 Å². The minimum Gasteiger partial charge on any atom is -0.340 e. The van der Waals surface area contributed by atoms with Crippen LogP contribution in [0.15, 0.2) is 86.0 Å². The summed E-state index contributed by atoms with van der Waals surface area (Å²) < 4.78 is 3.96. The average molecular weight is 420 g/mol. The van der Waals surface area contributed by atoms with Crippen molar-refractivity contribution >= 4 is 28.5 Å². The Morgan fingerprint density at radius 2 is 1.97 bits per heavy atom. The predicted molar refractivity (Wildman–Crippen MR) is 124 cm³/mol. The van der Waals surface area contributed by atoms with E-state index in [9.17, 15) is 0 Å². The zero-order chi connectivity index (χ0) is 21.3. The molecule has 0 radical (unpaired) electrons. The van der Waals surface area contributed by atoms with Crippen LogP contribution >= 0.6 is 0 Å². The molecule has 8 heteroatoms. The molecule has 4 heterocycles. The topological polar surface area (TPSA) is 76.7 Å². The second-order valence-corrected chi connectivity index (χ2v) is 7.63. The van der Waals surface area contributed by atoms with Gasteiger partial charge in [0, 0.05) is 35.2 Å². The summed E-state index contributed by atoms with van der Waals surface area (Å²) in [4.78, 5) is 13.1. The first-order chi connectivity index (χ1) is 15.8. The summed E-state index contributed by atoms with van der Waals surface area (Å²) in [7, 11) is 0. The Hall–Kier alpha value is -4.46. The van der Waals surface area contributed by atoms with Crippen LogP contribution in [0.25, 0.3) is 17.0 Å². The number of hydrogen-bond donors (Lipinski definition) is 1. The summed E-state index contributed by atoms with van der Waals surface area (Å²) in [5.74, 6) is 0.792. The van der Waals surface area contributed by atoms with E-state index in [1.807, 2.05) is 40.1 Å². The van der Waals surface area contributed by atoms with Crippen LogP contribution in [-0.2, 0) is 13.1 Å². The van der Waals surface area contributed by atoms with E-state index in [0.29, 0.717) is 6.54 Å². The molecule has 32 heavy (non-hydrogen) atoms. The van der Waals surface area contributed by atoms with Crippen molar-refractivity contribution in [1.29, 1.82) is 0 Å². The Balaban J connectivity index is 1.27. The molecular formula is C24H20N8. The highest BCUT2D eigenvalue weighted by molar-refractivity contribution is 5.83. The van der Waals surface area contributed by atoms with Gasteiger partial charge in [-0.2, -0.15) is 5.10 Å². The largest absolute Gasteiger partial charge is 0.340 e. The Labute approximate surface area is 184 Å². The summed E-state index contributed by atoms with van der Waals surface area (Å²) in [6.45, 7) is 1.38. The SMILES string of the molecule is C1=CN(n2ccnc2)Cc2c1ncnc2Nc1ccc2c(cnn2Cc2ccccc2)c1. The Kier molecular flexibility index (Phi) is 4.39. The molecule has 1 N–H and O–H groups in total. The lowest BCUT2D eigenvalue weighted by Gasteiger charge is -2.26. The van der Waals surface area contributed by atoms with Crippen molar-refractivity contribution in [2.24, 2.45) is 0 Å². The molecule has 3 aromatic heterocycles. The summed E-state index contributed by atoms with van der Waals surface area (Å²) in [6.07, 6.45) is 12.9. The molecule has 0 spiro atoms. The summed E-state index contributed by atoms with van der Waals surface area (Å²) in [5, 5.41) is 11.2. The maximum absolute atomic E-state index is 4.59. The lowest BCUT2D eigenvalue weighted by atomic mass is 10.1. The fourth-order valence-corrected chi connectivity index (χ4v) is 3.95. The zero-order valence-electron chi connectivity index (χ0n) is 17.2. The highest BCUT2D eigenvalue weighted by atomic mass is 15.5. The van der Waals surface area contributed by atoms with Gasteiger partial charge in [0.25, 0.3) is 0 Å². The predicted octanol–water partition coefficient (Wildman–Crippen LogP) is 3.94. The van der Waals surface area contributed by atoms with Gasteiger partial charge in [0.1, 0.15) is 18.5 Å². The van der Waals surface area contributed by atoms with Crippen LogP contribution in [0.1, 0.15) is 16.8 Å². The average Bonchev–Trinajstić information content (AvgIpc) is 3.50. The third-order valence-corrected chi connectivity index (χ3v) is 5.57. The van der Waals surface area contributed by atoms with Gasteiger partial charge in [-0.25, -0.2) is 19.6 Å². The van der Waals surface area contributed by atoms with Crippen molar-refractivity contribution in [1.82, 2.24) is 29.4 Å². The molecule has 0 unspecified atom stereocenters. The van der Waals surface area contributed by atoms with E-state index in [4.69, 9.17) is 0 Å². The number of rotatable bonds is 5. The lowest BCUT2D eigenvalue weighted by Crippen LogP contribution is -2.30. The monoisotopic (exact) mass is 420 g/mol. The molecule has 0 bridgehead atoms. The van der Waals surface area contributed by atoms with Crippen molar-refractivity contribution < 1.29 is 0 Å².